The lowest BCUT2D eigenvalue weighted by molar-refractivity contribution is 0.100. The van der Waals surface area contributed by atoms with Gasteiger partial charge in [0.2, 0.25) is 5.91 Å². The Bertz CT molecular complexity index is 1840. The summed E-state index contributed by atoms with van der Waals surface area (Å²) in [5.74, 6) is 0.310. The van der Waals surface area contributed by atoms with Crippen molar-refractivity contribution in [3.63, 3.8) is 0 Å². The maximum Gasteiger partial charge on any atom is 0.249 e. The number of nitrogens with zero attached hydrogens (tertiary/aromatic N) is 1. The van der Waals surface area contributed by atoms with Gasteiger partial charge in [0, 0.05) is 38.5 Å². The van der Waals surface area contributed by atoms with E-state index in [0.717, 1.165) is 49.8 Å². The Balaban J connectivity index is 1.46. The molecule has 1 amide bonds. The van der Waals surface area contributed by atoms with Gasteiger partial charge >= 0.3 is 0 Å². The number of benzene rings is 5. The quantitative estimate of drug-likeness (QED) is 0.217. The maximum absolute atomic E-state index is 12.4. The highest BCUT2D eigenvalue weighted by atomic mass is 35.5. The van der Waals surface area contributed by atoms with E-state index < -0.39 is 5.91 Å². The Morgan fingerprint density at radius 1 is 0.846 bits per heavy atom. The highest BCUT2D eigenvalue weighted by molar-refractivity contribution is 6.36. The summed E-state index contributed by atoms with van der Waals surface area (Å²) in [5.41, 5.74) is 12.0. The van der Waals surface area contributed by atoms with Crippen molar-refractivity contribution < 1.29 is 9.53 Å². The molecule has 4 nitrogen and oxygen atoms in total. The third-order valence-electron chi connectivity index (χ3n) is 6.79. The molecule has 0 spiro atoms. The number of halogens is 2. The molecule has 6 aromatic rings. The van der Waals surface area contributed by atoms with Crippen LogP contribution in [0.1, 0.15) is 21.5 Å². The van der Waals surface area contributed by atoms with Crippen LogP contribution in [0.15, 0.2) is 103 Å². The minimum Gasteiger partial charge on any atom is -0.489 e. The molecule has 39 heavy (non-hydrogen) atoms. The fraction of sp³-hybridized carbons (Fsp3) is 0.0606. The molecule has 0 aliphatic rings. The number of carbonyl (C=O) groups excluding carboxylic acids is 1. The zero-order chi connectivity index (χ0) is 26.9. The second-order valence-corrected chi connectivity index (χ2v) is 10.2. The lowest BCUT2D eigenvalue weighted by atomic mass is 10.0. The molecule has 6 rings (SSSR count). The van der Waals surface area contributed by atoms with Crippen LogP contribution in [-0.4, -0.2) is 10.5 Å². The van der Waals surface area contributed by atoms with Crippen LogP contribution in [0.2, 0.25) is 10.0 Å². The Morgan fingerprint density at radius 3 is 2.44 bits per heavy atom. The number of hydrogen-bond acceptors (Lipinski definition) is 2. The van der Waals surface area contributed by atoms with Gasteiger partial charge in [-0.3, -0.25) is 4.79 Å². The number of carbonyl (C=O) groups is 1. The summed E-state index contributed by atoms with van der Waals surface area (Å²) < 4.78 is 8.25. The standard InChI is InChI=1S/C33H23Cl2N2O2/c34-24-13-15-26(29(35)18-24)23-12-14-27-31(17-23)37(30-11-5-10-28(32(27)30)33(36)38)19-22-8-4-9-25(16-22)39-20-21-6-2-1-3-7-21/h1-13,15-18H,19-20H2,(H2,36,38). The van der Waals surface area contributed by atoms with E-state index in [2.05, 4.69) is 22.8 Å². The first-order chi connectivity index (χ1) is 19.0. The predicted molar refractivity (Wildman–Crippen MR) is 159 cm³/mol. The Morgan fingerprint density at radius 2 is 1.64 bits per heavy atom. The van der Waals surface area contributed by atoms with Crippen LogP contribution in [0, 0.1) is 6.07 Å². The molecule has 1 heterocycles. The SMILES string of the molecule is NC(=O)c1cccc2c1c1[c]cc(-c3ccc(Cl)cc3Cl)cc1n2Cc1cccc(OCc2ccccc2)c1. The van der Waals surface area contributed by atoms with Gasteiger partial charge in [0.05, 0.1) is 11.0 Å². The van der Waals surface area contributed by atoms with Crippen LogP contribution in [0.25, 0.3) is 32.9 Å². The number of fused-ring (bicyclic) bond motifs is 3. The molecule has 1 radical (unpaired) electrons. The number of ether oxygens (including phenoxy) is 1. The molecule has 2 N–H and O–H groups in total. The zero-order valence-electron chi connectivity index (χ0n) is 20.8. The summed E-state index contributed by atoms with van der Waals surface area (Å²) in [7, 11) is 0. The third kappa shape index (κ3) is 4.97. The van der Waals surface area contributed by atoms with Crippen molar-refractivity contribution in [2.75, 3.05) is 0 Å². The van der Waals surface area contributed by atoms with E-state index in [1.165, 1.54) is 0 Å². The second kappa shape index (κ2) is 10.5. The van der Waals surface area contributed by atoms with E-state index in [1.54, 1.807) is 12.1 Å². The molecule has 6 heteroatoms. The fourth-order valence-electron chi connectivity index (χ4n) is 4.97. The number of rotatable bonds is 7. The first-order valence-corrected chi connectivity index (χ1v) is 13.2. The summed E-state index contributed by atoms with van der Waals surface area (Å²) in [5, 5.41) is 2.73. The van der Waals surface area contributed by atoms with Crippen LogP contribution in [0.4, 0.5) is 0 Å². The molecular formula is C33H23Cl2N2O2. The Labute approximate surface area is 236 Å². The van der Waals surface area contributed by atoms with Crippen molar-refractivity contribution in [3.8, 4) is 16.9 Å². The second-order valence-electron chi connectivity index (χ2n) is 9.34. The molecule has 0 aliphatic heterocycles. The van der Waals surface area contributed by atoms with Crippen LogP contribution < -0.4 is 10.5 Å². The highest BCUT2D eigenvalue weighted by Crippen LogP contribution is 2.37. The topological polar surface area (TPSA) is 57.2 Å². The van der Waals surface area contributed by atoms with Crippen molar-refractivity contribution >= 4 is 50.9 Å². The number of aromatic nitrogens is 1. The van der Waals surface area contributed by atoms with Gasteiger partial charge in [0.1, 0.15) is 12.4 Å². The summed E-state index contributed by atoms with van der Waals surface area (Å²) in [6, 6.07) is 36.5. The molecule has 0 unspecified atom stereocenters. The molecular weight excluding hydrogens is 527 g/mol. The minimum absolute atomic E-state index is 0.463. The molecule has 5 aromatic carbocycles. The molecule has 0 aliphatic carbocycles. The van der Waals surface area contributed by atoms with Crippen LogP contribution in [0.3, 0.4) is 0 Å². The van der Waals surface area contributed by atoms with E-state index in [1.807, 2.05) is 78.9 Å². The molecule has 0 saturated heterocycles. The Hall–Kier alpha value is -4.25. The fourth-order valence-corrected chi connectivity index (χ4v) is 5.49. The molecule has 0 saturated carbocycles. The van der Waals surface area contributed by atoms with Crippen molar-refractivity contribution in [1.29, 1.82) is 0 Å². The number of nitrogens with two attached hydrogens (primary N) is 1. The van der Waals surface area contributed by atoms with Crippen molar-refractivity contribution in [3.05, 3.63) is 136 Å². The van der Waals surface area contributed by atoms with E-state index in [-0.39, 0.29) is 0 Å². The van der Waals surface area contributed by atoms with Crippen molar-refractivity contribution in [2.24, 2.45) is 5.73 Å². The van der Waals surface area contributed by atoms with E-state index in [9.17, 15) is 4.79 Å². The number of hydrogen-bond donors (Lipinski definition) is 1. The van der Waals surface area contributed by atoms with Gasteiger partial charge in [-0.25, -0.2) is 0 Å². The summed E-state index contributed by atoms with van der Waals surface area (Å²) in [6.07, 6.45) is 0. The smallest absolute Gasteiger partial charge is 0.249 e. The normalized spacial score (nSPS) is 11.2. The lowest BCUT2D eigenvalue weighted by Crippen LogP contribution is -2.11. The van der Waals surface area contributed by atoms with Gasteiger partial charge in [0.15, 0.2) is 0 Å². The summed E-state index contributed by atoms with van der Waals surface area (Å²) in [6.45, 7) is 1.04. The largest absolute Gasteiger partial charge is 0.489 e. The Kier molecular flexibility index (Phi) is 6.74. The average molecular weight is 550 g/mol. The van der Waals surface area contributed by atoms with Crippen LogP contribution in [-0.2, 0) is 13.2 Å². The maximum atomic E-state index is 12.4. The molecule has 191 valence electrons. The van der Waals surface area contributed by atoms with Crippen LogP contribution >= 0.6 is 23.2 Å². The predicted octanol–water partition coefficient (Wildman–Crippen LogP) is 8.29. The summed E-state index contributed by atoms with van der Waals surface area (Å²) in [4.78, 5) is 12.4. The van der Waals surface area contributed by atoms with Gasteiger partial charge < -0.3 is 15.0 Å². The zero-order valence-corrected chi connectivity index (χ0v) is 22.3. The van der Waals surface area contributed by atoms with E-state index in [0.29, 0.717) is 28.8 Å². The van der Waals surface area contributed by atoms with E-state index >= 15 is 0 Å². The lowest BCUT2D eigenvalue weighted by Gasteiger charge is -2.12. The van der Waals surface area contributed by atoms with Gasteiger partial charge in [-0.1, -0.05) is 77.8 Å². The van der Waals surface area contributed by atoms with Gasteiger partial charge in [-0.05, 0) is 71.3 Å². The minimum atomic E-state index is -0.478. The average Bonchev–Trinajstić information content (AvgIpc) is 3.25. The highest BCUT2D eigenvalue weighted by Gasteiger charge is 2.18. The van der Waals surface area contributed by atoms with Crippen LogP contribution in [0.5, 0.6) is 5.75 Å². The van der Waals surface area contributed by atoms with Gasteiger partial charge in [-0.2, -0.15) is 0 Å². The number of primary amides is 1. The van der Waals surface area contributed by atoms with Crippen molar-refractivity contribution in [2.45, 2.75) is 13.2 Å². The van der Waals surface area contributed by atoms with Gasteiger partial charge in [0.25, 0.3) is 0 Å². The van der Waals surface area contributed by atoms with Crippen molar-refractivity contribution in [1.82, 2.24) is 4.57 Å². The first kappa shape index (κ1) is 25.1. The van der Waals surface area contributed by atoms with E-state index in [4.69, 9.17) is 33.7 Å². The van der Waals surface area contributed by atoms with Gasteiger partial charge in [-0.15, -0.1) is 0 Å². The summed E-state index contributed by atoms with van der Waals surface area (Å²) >= 11 is 12.7. The molecule has 1 aromatic heterocycles. The first-order valence-electron chi connectivity index (χ1n) is 12.5. The molecule has 0 fully saturated rings. The molecule has 0 atom stereocenters. The third-order valence-corrected chi connectivity index (χ3v) is 7.34. The molecule has 0 bridgehead atoms. The number of amides is 1. The monoisotopic (exact) mass is 549 g/mol.